The number of rotatable bonds is 14. The third kappa shape index (κ3) is 10.1. The molecule has 0 fully saturated rings. The second-order valence-electron chi connectivity index (χ2n) is 8.87. The molecule has 2 aromatic rings. The number of sulfonamides is 1. The fraction of sp³-hybridized carbons (Fsp3) is 0.435. The van der Waals surface area contributed by atoms with Crippen molar-refractivity contribution in [3.05, 3.63) is 48.8 Å². The highest BCUT2D eigenvalue weighted by molar-refractivity contribution is 14.1. The second kappa shape index (κ2) is 15.1. The molecule has 0 aliphatic rings. The van der Waals surface area contributed by atoms with Gasteiger partial charge in [0.15, 0.2) is 0 Å². The van der Waals surface area contributed by atoms with Crippen LogP contribution in [0.4, 0.5) is 0 Å². The minimum atomic E-state index is -4.14. The van der Waals surface area contributed by atoms with Crippen molar-refractivity contribution < 1.29 is 22.8 Å². The molecule has 0 radical (unpaired) electrons. The van der Waals surface area contributed by atoms with E-state index in [0.717, 1.165) is 20.5 Å². The van der Waals surface area contributed by atoms with Gasteiger partial charge in [-0.05, 0) is 65.1 Å². The molecule has 0 unspecified atom stereocenters. The summed E-state index contributed by atoms with van der Waals surface area (Å²) in [6, 6.07) is 5.16. The number of thiol groups is 1. The zero-order valence-corrected chi connectivity index (χ0v) is 26.7. The topological polar surface area (TPSA) is 147 Å². The molecule has 0 aliphatic carbocycles. The van der Waals surface area contributed by atoms with Crippen LogP contribution >= 0.6 is 69.8 Å². The van der Waals surface area contributed by atoms with Crippen LogP contribution < -0.4 is 21.1 Å². The Labute approximate surface area is 255 Å². The Morgan fingerprint density at radius 3 is 2.11 bits per heavy atom. The molecular formula is C23H29Cl2IN4O5S3. The van der Waals surface area contributed by atoms with Crippen molar-refractivity contribution in [2.75, 3.05) is 5.75 Å². The Bertz CT molecular complexity index is 1220. The quantitative estimate of drug-likeness (QED) is 0.149. The highest BCUT2D eigenvalue weighted by atomic mass is 127. The van der Waals surface area contributed by atoms with Crippen LogP contribution in [-0.2, 0) is 30.8 Å². The van der Waals surface area contributed by atoms with Crippen molar-refractivity contribution in [1.82, 2.24) is 15.4 Å². The smallest absolute Gasteiger partial charge is 0.250 e. The minimum absolute atomic E-state index is 0.0337. The third-order valence-corrected chi connectivity index (χ3v) is 10.3. The minimum Gasteiger partial charge on any atom is -0.368 e. The molecule has 3 atom stereocenters. The average molecular weight is 736 g/mol. The van der Waals surface area contributed by atoms with Gasteiger partial charge in [-0.1, -0.05) is 49.2 Å². The van der Waals surface area contributed by atoms with Gasteiger partial charge in [0.1, 0.15) is 26.7 Å². The van der Waals surface area contributed by atoms with E-state index in [9.17, 15) is 22.8 Å². The number of nitrogens with one attached hydrogen (secondary N) is 3. The van der Waals surface area contributed by atoms with Crippen molar-refractivity contribution >= 4 is 97.5 Å². The number of benzene rings is 1. The summed E-state index contributed by atoms with van der Waals surface area (Å²) < 4.78 is 29.4. The molecule has 0 spiro atoms. The Morgan fingerprint density at radius 2 is 1.61 bits per heavy atom. The molecule has 1 heterocycles. The number of halogens is 3. The fourth-order valence-corrected chi connectivity index (χ4v) is 7.02. The van der Waals surface area contributed by atoms with E-state index in [4.69, 9.17) is 28.9 Å². The van der Waals surface area contributed by atoms with Crippen LogP contribution in [0.15, 0.2) is 34.5 Å². The predicted molar refractivity (Wildman–Crippen MR) is 162 cm³/mol. The molecule has 0 bridgehead atoms. The summed E-state index contributed by atoms with van der Waals surface area (Å²) in [5.41, 5.74) is 6.08. The zero-order valence-electron chi connectivity index (χ0n) is 20.5. The number of carbonyl (C=O) groups is 3. The molecule has 15 heteroatoms. The van der Waals surface area contributed by atoms with E-state index in [1.165, 1.54) is 6.07 Å². The van der Waals surface area contributed by atoms with Crippen molar-refractivity contribution in [2.24, 2.45) is 11.7 Å². The maximum atomic E-state index is 13.4. The number of carbonyl (C=O) groups excluding carboxylic acids is 3. The van der Waals surface area contributed by atoms with Gasteiger partial charge >= 0.3 is 0 Å². The molecule has 5 N–H and O–H groups in total. The Morgan fingerprint density at radius 1 is 1.03 bits per heavy atom. The van der Waals surface area contributed by atoms with Crippen molar-refractivity contribution in [1.29, 1.82) is 0 Å². The lowest BCUT2D eigenvalue weighted by molar-refractivity contribution is -0.131. The molecule has 0 saturated carbocycles. The van der Waals surface area contributed by atoms with E-state index in [0.29, 0.717) is 6.42 Å². The molecule has 210 valence electrons. The summed E-state index contributed by atoms with van der Waals surface area (Å²) in [6.07, 6.45) is 0.796. The first-order valence-electron chi connectivity index (χ1n) is 11.5. The Balaban J connectivity index is 2.33. The van der Waals surface area contributed by atoms with E-state index < -0.39 is 45.9 Å². The molecule has 3 amide bonds. The van der Waals surface area contributed by atoms with E-state index >= 15 is 0 Å². The molecule has 9 nitrogen and oxygen atoms in total. The monoisotopic (exact) mass is 734 g/mol. The predicted octanol–water partition coefficient (Wildman–Crippen LogP) is 3.37. The summed E-state index contributed by atoms with van der Waals surface area (Å²) in [5, 5.41) is 5.25. The summed E-state index contributed by atoms with van der Waals surface area (Å²) in [7, 11) is -4.14. The molecule has 2 rings (SSSR count). The summed E-state index contributed by atoms with van der Waals surface area (Å²) in [5.74, 6) is -1.98. The van der Waals surface area contributed by atoms with Gasteiger partial charge in [0, 0.05) is 15.7 Å². The normalized spacial score (nSPS) is 14.1. The molecular weight excluding hydrogens is 706 g/mol. The lowest BCUT2D eigenvalue weighted by Crippen LogP contribution is -2.57. The van der Waals surface area contributed by atoms with Crippen molar-refractivity contribution in [3.63, 3.8) is 0 Å². The number of hydrogen-bond acceptors (Lipinski definition) is 7. The second-order valence-corrected chi connectivity index (χ2v) is 14.5. The van der Waals surface area contributed by atoms with Crippen molar-refractivity contribution in [3.8, 4) is 0 Å². The molecule has 0 saturated heterocycles. The van der Waals surface area contributed by atoms with Gasteiger partial charge in [0.25, 0.3) is 10.0 Å². The van der Waals surface area contributed by atoms with E-state index in [1.54, 1.807) is 0 Å². The Kier molecular flexibility index (Phi) is 13.1. The van der Waals surface area contributed by atoms with Gasteiger partial charge in [-0.25, -0.2) is 8.42 Å². The maximum absolute atomic E-state index is 13.4. The number of hydrogen-bond donors (Lipinski definition) is 5. The fourth-order valence-electron chi connectivity index (χ4n) is 3.26. The lowest BCUT2D eigenvalue weighted by Gasteiger charge is -2.25. The lowest BCUT2D eigenvalue weighted by atomic mass is 10.0. The van der Waals surface area contributed by atoms with E-state index in [2.05, 4.69) is 50.6 Å². The van der Waals surface area contributed by atoms with Crippen LogP contribution in [0.3, 0.4) is 0 Å². The van der Waals surface area contributed by atoms with Crippen LogP contribution in [0.2, 0.25) is 9.36 Å². The van der Waals surface area contributed by atoms with Gasteiger partial charge in [0.05, 0.1) is 5.02 Å². The maximum Gasteiger partial charge on any atom is 0.250 e. The van der Waals surface area contributed by atoms with Crippen LogP contribution in [0.1, 0.15) is 32.3 Å². The highest BCUT2D eigenvalue weighted by Crippen LogP contribution is 2.34. The first-order valence-corrected chi connectivity index (χ1v) is 16.2. The number of thiophene rings is 1. The number of primary amides is 1. The van der Waals surface area contributed by atoms with E-state index in [1.807, 2.05) is 38.1 Å². The van der Waals surface area contributed by atoms with Crippen LogP contribution in [-0.4, -0.2) is 50.0 Å². The summed E-state index contributed by atoms with van der Waals surface area (Å²) in [4.78, 5) is 38.2. The van der Waals surface area contributed by atoms with E-state index in [-0.39, 0.29) is 38.1 Å². The largest absolute Gasteiger partial charge is 0.368 e. The SMILES string of the molecule is CC(C)CC[C@H](NS(=O)(=O)c1cc(Cl)c(Cl)s1)C(=O)N[C@@H](Cc1ccc(I)cc1)C(=O)N[C@@H](CS)C(N)=O. The van der Waals surface area contributed by atoms with Crippen LogP contribution in [0.5, 0.6) is 0 Å². The zero-order chi connectivity index (χ0) is 28.6. The van der Waals surface area contributed by atoms with Crippen molar-refractivity contribution in [2.45, 2.75) is 55.4 Å². The highest BCUT2D eigenvalue weighted by Gasteiger charge is 2.31. The average Bonchev–Trinajstić information content (AvgIpc) is 3.19. The van der Waals surface area contributed by atoms with Gasteiger partial charge < -0.3 is 16.4 Å². The van der Waals surface area contributed by atoms with Crippen LogP contribution in [0.25, 0.3) is 0 Å². The molecule has 1 aromatic carbocycles. The van der Waals surface area contributed by atoms with Gasteiger partial charge in [-0.3, -0.25) is 14.4 Å². The molecule has 1 aromatic heterocycles. The first kappa shape index (κ1) is 33.1. The number of amides is 3. The standard InChI is InChI=1S/C23H29Cl2IN4O5S3/c1-12(2)3-8-16(30-38(34,35)19-10-15(24)20(25)37-19)22(32)28-17(9-13-4-6-14(26)7-5-13)23(33)29-18(11-36)21(27)31/h4-7,10,12,16-18,30,36H,3,8-9,11H2,1-2H3,(H2,27,31)(H,28,32)(H,29,33)/t16-,17-,18-/m0/s1. The van der Waals surface area contributed by atoms with Gasteiger partial charge in [-0.15, -0.1) is 11.3 Å². The van der Waals surface area contributed by atoms with Crippen LogP contribution in [0, 0.1) is 9.49 Å². The summed E-state index contributed by atoms with van der Waals surface area (Å²) in [6.45, 7) is 3.88. The number of nitrogens with two attached hydrogens (primary N) is 1. The third-order valence-electron chi connectivity index (χ3n) is 5.36. The summed E-state index contributed by atoms with van der Waals surface area (Å²) >= 11 is 18.8. The molecule has 0 aliphatic heterocycles. The molecule has 38 heavy (non-hydrogen) atoms. The van der Waals surface area contributed by atoms with Gasteiger partial charge in [-0.2, -0.15) is 17.4 Å². The first-order chi connectivity index (χ1) is 17.7. The van der Waals surface area contributed by atoms with Gasteiger partial charge in [0.2, 0.25) is 17.7 Å². The Hall–Kier alpha value is -1.10.